The number of hydrogen-bond acceptors (Lipinski definition) is 3. The Balaban J connectivity index is 2.01. The fourth-order valence-corrected chi connectivity index (χ4v) is 2.55. The lowest BCUT2D eigenvalue weighted by atomic mass is 10.0. The number of nitrogens with one attached hydrogen (secondary N) is 1. The summed E-state index contributed by atoms with van der Waals surface area (Å²) in [5.41, 5.74) is 5.18. The Morgan fingerprint density at radius 1 is 1.18 bits per heavy atom. The summed E-state index contributed by atoms with van der Waals surface area (Å²) in [6.07, 6.45) is 7.63. The summed E-state index contributed by atoms with van der Waals surface area (Å²) in [5, 5.41) is 3.35. The van der Waals surface area contributed by atoms with Crippen LogP contribution in [0.4, 0.5) is 0 Å². The molecule has 0 fully saturated rings. The topological polar surface area (TPSA) is 37.8 Å². The van der Waals surface area contributed by atoms with Gasteiger partial charge in [-0.25, -0.2) is 9.97 Å². The standard InChI is InChI=1S/C14H15N3/c1-15-14-5-3-11-6-10(2-4-13(11)14)12-7-16-9-17-8-12/h2,4,6-9,14-15H,3,5H2,1H3. The molecule has 3 rings (SSSR count). The van der Waals surface area contributed by atoms with Gasteiger partial charge in [-0.2, -0.15) is 0 Å². The first-order valence-electron chi connectivity index (χ1n) is 5.94. The molecular formula is C14H15N3. The van der Waals surface area contributed by atoms with E-state index in [0.29, 0.717) is 6.04 Å². The Labute approximate surface area is 101 Å². The Morgan fingerprint density at radius 2 is 2.00 bits per heavy atom. The van der Waals surface area contributed by atoms with Crippen LogP contribution in [-0.4, -0.2) is 17.0 Å². The predicted molar refractivity (Wildman–Crippen MR) is 67.6 cm³/mol. The van der Waals surface area contributed by atoms with Gasteiger partial charge in [-0.3, -0.25) is 0 Å². The first-order chi connectivity index (χ1) is 8.38. The minimum Gasteiger partial charge on any atom is -0.313 e. The lowest BCUT2D eigenvalue weighted by Crippen LogP contribution is -2.12. The number of aromatic nitrogens is 2. The second-order valence-electron chi connectivity index (χ2n) is 4.42. The molecule has 0 bridgehead atoms. The number of nitrogens with zero attached hydrogens (tertiary/aromatic N) is 2. The van der Waals surface area contributed by atoms with E-state index < -0.39 is 0 Å². The van der Waals surface area contributed by atoms with Crippen molar-refractivity contribution in [3.05, 3.63) is 48.0 Å². The highest BCUT2D eigenvalue weighted by Gasteiger charge is 2.20. The minimum atomic E-state index is 0.520. The maximum Gasteiger partial charge on any atom is 0.115 e. The lowest BCUT2D eigenvalue weighted by molar-refractivity contribution is 0.590. The first kappa shape index (κ1) is 10.4. The van der Waals surface area contributed by atoms with Crippen molar-refractivity contribution in [3.63, 3.8) is 0 Å². The zero-order valence-corrected chi connectivity index (χ0v) is 9.85. The lowest BCUT2D eigenvalue weighted by Gasteiger charge is -2.10. The van der Waals surface area contributed by atoms with E-state index in [0.717, 1.165) is 12.0 Å². The number of aryl methyl sites for hydroxylation is 1. The Kier molecular flexibility index (Phi) is 2.61. The minimum absolute atomic E-state index is 0.520. The van der Waals surface area contributed by atoms with Crippen LogP contribution in [-0.2, 0) is 6.42 Å². The van der Waals surface area contributed by atoms with E-state index in [1.54, 1.807) is 6.33 Å². The zero-order valence-electron chi connectivity index (χ0n) is 9.85. The predicted octanol–water partition coefficient (Wildman–Crippen LogP) is 2.35. The fraction of sp³-hybridized carbons (Fsp3) is 0.286. The van der Waals surface area contributed by atoms with Crippen LogP contribution < -0.4 is 5.32 Å². The van der Waals surface area contributed by atoms with Gasteiger partial charge in [-0.1, -0.05) is 18.2 Å². The molecule has 0 saturated heterocycles. The van der Waals surface area contributed by atoms with Crippen molar-refractivity contribution in [3.8, 4) is 11.1 Å². The molecule has 3 nitrogen and oxygen atoms in total. The first-order valence-corrected chi connectivity index (χ1v) is 5.94. The van der Waals surface area contributed by atoms with Crippen LogP contribution in [0, 0.1) is 0 Å². The molecule has 0 spiro atoms. The van der Waals surface area contributed by atoms with E-state index in [-0.39, 0.29) is 0 Å². The average molecular weight is 225 g/mol. The highest BCUT2D eigenvalue weighted by molar-refractivity contribution is 5.63. The van der Waals surface area contributed by atoms with E-state index in [1.807, 2.05) is 19.4 Å². The van der Waals surface area contributed by atoms with Crippen molar-refractivity contribution in [1.82, 2.24) is 15.3 Å². The molecule has 86 valence electrons. The van der Waals surface area contributed by atoms with Crippen molar-refractivity contribution in [1.29, 1.82) is 0 Å². The van der Waals surface area contributed by atoms with Gasteiger partial charge in [0.05, 0.1) is 0 Å². The third kappa shape index (κ3) is 1.83. The molecule has 17 heavy (non-hydrogen) atoms. The summed E-state index contributed by atoms with van der Waals surface area (Å²) in [7, 11) is 2.03. The molecule has 0 aliphatic heterocycles. The van der Waals surface area contributed by atoms with Gasteiger partial charge in [-0.15, -0.1) is 0 Å². The van der Waals surface area contributed by atoms with Crippen molar-refractivity contribution >= 4 is 0 Å². The quantitative estimate of drug-likeness (QED) is 0.852. The molecule has 1 unspecified atom stereocenters. The fourth-order valence-electron chi connectivity index (χ4n) is 2.55. The van der Waals surface area contributed by atoms with Crippen LogP contribution in [0.2, 0.25) is 0 Å². The molecule has 1 atom stereocenters. The molecule has 1 aliphatic rings. The largest absolute Gasteiger partial charge is 0.313 e. The van der Waals surface area contributed by atoms with Crippen molar-refractivity contribution in [2.45, 2.75) is 18.9 Å². The highest BCUT2D eigenvalue weighted by atomic mass is 14.9. The molecule has 1 aromatic carbocycles. The second kappa shape index (κ2) is 4.26. The van der Waals surface area contributed by atoms with Crippen LogP contribution >= 0.6 is 0 Å². The number of fused-ring (bicyclic) bond motifs is 1. The third-order valence-electron chi connectivity index (χ3n) is 3.46. The van der Waals surface area contributed by atoms with E-state index >= 15 is 0 Å². The zero-order chi connectivity index (χ0) is 11.7. The SMILES string of the molecule is CNC1CCc2cc(-c3cncnc3)ccc21. The summed E-state index contributed by atoms with van der Waals surface area (Å²) in [6, 6.07) is 7.18. The van der Waals surface area contributed by atoms with Gasteiger partial charge in [-0.05, 0) is 36.6 Å². The smallest absolute Gasteiger partial charge is 0.115 e. The molecule has 1 heterocycles. The monoisotopic (exact) mass is 225 g/mol. The van der Waals surface area contributed by atoms with Gasteiger partial charge < -0.3 is 5.32 Å². The molecule has 0 amide bonds. The van der Waals surface area contributed by atoms with Gasteiger partial charge >= 0.3 is 0 Å². The Bertz CT molecular complexity index is 522. The summed E-state index contributed by atoms with van der Waals surface area (Å²) in [5.74, 6) is 0. The number of rotatable bonds is 2. The maximum absolute atomic E-state index is 4.06. The Morgan fingerprint density at radius 3 is 2.76 bits per heavy atom. The van der Waals surface area contributed by atoms with Crippen LogP contribution in [0.15, 0.2) is 36.9 Å². The molecule has 0 radical (unpaired) electrons. The molecule has 1 N–H and O–H groups in total. The van der Waals surface area contributed by atoms with Gasteiger partial charge in [0.25, 0.3) is 0 Å². The number of benzene rings is 1. The summed E-state index contributed by atoms with van der Waals surface area (Å²) in [4.78, 5) is 8.12. The summed E-state index contributed by atoms with van der Waals surface area (Å²) >= 11 is 0. The normalized spacial score (nSPS) is 18.1. The van der Waals surface area contributed by atoms with E-state index in [9.17, 15) is 0 Å². The number of hydrogen-bond donors (Lipinski definition) is 1. The highest BCUT2D eigenvalue weighted by Crippen LogP contribution is 2.33. The van der Waals surface area contributed by atoms with Gasteiger partial charge in [0, 0.05) is 24.0 Å². The van der Waals surface area contributed by atoms with E-state index in [1.165, 1.54) is 23.1 Å². The van der Waals surface area contributed by atoms with Crippen LogP contribution in [0.5, 0.6) is 0 Å². The Hall–Kier alpha value is -1.74. The molecule has 1 aromatic heterocycles. The molecule has 1 aliphatic carbocycles. The third-order valence-corrected chi connectivity index (χ3v) is 3.46. The van der Waals surface area contributed by atoms with E-state index in [2.05, 4.69) is 33.5 Å². The van der Waals surface area contributed by atoms with Crippen molar-refractivity contribution in [2.75, 3.05) is 7.05 Å². The molecule has 2 aromatic rings. The molecular weight excluding hydrogens is 210 g/mol. The summed E-state index contributed by atoms with van der Waals surface area (Å²) < 4.78 is 0. The second-order valence-corrected chi connectivity index (χ2v) is 4.42. The van der Waals surface area contributed by atoms with Gasteiger partial charge in [0.1, 0.15) is 6.33 Å². The van der Waals surface area contributed by atoms with Crippen molar-refractivity contribution < 1.29 is 0 Å². The van der Waals surface area contributed by atoms with Crippen molar-refractivity contribution in [2.24, 2.45) is 0 Å². The van der Waals surface area contributed by atoms with Crippen LogP contribution in [0.3, 0.4) is 0 Å². The average Bonchev–Trinajstić information content (AvgIpc) is 2.81. The van der Waals surface area contributed by atoms with Gasteiger partial charge in [0.15, 0.2) is 0 Å². The maximum atomic E-state index is 4.06. The van der Waals surface area contributed by atoms with Crippen LogP contribution in [0.1, 0.15) is 23.6 Å². The van der Waals surface area contributed by atoms with E-state index in [4.69, 9.17) is 0 Å². The molecule has 3 heteroatoms. The molecule has 0 saturated carbocycles. The van der Waals surface area contributed by atoms with Gasteiger partial charge in [0.2, 0.25) is 0 Å². The summed E-state index contributed by atoms with van der Waals surface area (Å²) in [6.45, 7) is 0. The van der Waals surface area contributed by atoms with Crippen LogP contribution in [0.25, 0.3) is 11.1 Å².